The number of benzene rings is 2. The number of hydrogen-bond donors (Lipinski definition) is 0. The first-order valence-corrected chi connectivity index (χ1v) is 7.13. The van der Waals surface area contributed by atoms with Gasteiger partial charge in [-0.3, -0.25) is 4.79 Å². The Labute approximate surface area is 127 Å². The van der Waals surface area contributed by atoms with Gasteiger partial charge in [-0.2, -0.15) is 0 Å². The molecule has 20 heavy (non-hydrogen) atoms. The van der Waals surface area contributed by atoms with Crippen LogP contribution in [0, 0.1) is 6.92 Å². The number of carbonyl (C=O) groups is 1. The molecular formula is C16H13Cl2NO. The maximum Gasteiger partial charge on any atom is 0.255 e. The largest absolute Gasteiger partial charge is 0.330 e. The molecule has 0 radical (unpaired) electrons. The zero-order valence-corrected chi connectivity index (χ0v) is 12.5. The molecule has 3 rings (SSSR count). The standard InChI is InChI=1S/C16H13Cl2NO/c1-10-6-14(18)7-12-9-19(16(20)15(10)12)8-11-2-4-13(17)5-3-11/h2-7H,8-9H2,1H3. The highest BCUT2D eigenvalue weighted by Gasteiger charge is 2.29. The molecule has 0 atom stereocenters. The number of aryl methyl sites for hydroxylation is 1. The zero-order chi connectivity index (χ0) is 14.3. The lowest BCUT2D eigenvalue weighted by Crippen LogP contribution is -2.23. The molecule has 0 spiro atoms. The average molecular weight is 306 g/mol. The normalized spacial score (nSPS) is 13.8. The van der Waals surface area contributed by atoms with E-state index in [4.69, 9.17) is 23.2 Å². The Kier molecular flexibility index (Phi) is 3.45. The second-order valence-corrected chi connectivity index (χ2v) is 5.92. The fourth-order valence-electron chi connectivity index (χ4n) is 2.62. The van der Waals surface area contributed by atoms with Crippen LogP contribution in [0.5, 0.6) is 0 Å². The number of rotatable bonds is 2. The predicted octanol–water partition coefficient (Wildman–Crippen LogP) is 4.46. The lowest BCUT2D eigenvalue weighted by atomic mass is 10.0. The van der Waals surface area contributed by atoms with Gasteiger partial charge in [0, 0.05) is 28.7 Å². The SMILES string of the molecule is Cc1cc(Cl)cc2c1C(=O)N(Cc1ccc(Cl)cc1)C2. The molecule has 0 aromatic heterocycles. The van der Waals surface area contributed by atoms with Gasteiger partial charge in [0.25, 0.3) is 5.91 Å². The lowest BCUT2D eigenvalue weighted by molar-refractivity contribution is 0.0766. The van der Waals surface area contributed by atoms with E-state index in [-0.39, 0.29) is 5.91 Å². The Hall–Kier alpha value is -1.51. The summed E-state index contributed by atoms with van der Waals surface area (Å²) in [7, 11) is 0. The highest BCUT2D eigenvalue weighted by atomic mass is 35.5. The van der Waals surface area contributed by atoms with Crippen LogP contribution >= 0.6 is 23.2 Å². The molecule has 0 N–H and O–H groups in total. The van der Waals surface area contributed by atoms with Crippen molar-refractivity contribution in [3.05, 3.63) is 68.7 Å². The monoisotopic (exact) mass is 305 g/mol. The predicted molar refractivity (Wildman–Crippen MR) is 81.2 cm³/mol. The molecule has 0 fully saturated rings. The minimum Gasteiger partial charge on any atom is -0.330 e. The number of hydrogen-bond acceptors (Lipinski definition) is 1. The Morgan fingerprint density at radius 1 is 1.10 bits per heavy atom. The van der Waals surface area contributed by atoms with Crippen molar-refractivity contribution in [2.75, 3.05) is 0 Å². The Morgan fingerprint density at radius 2 is 1.80 bits per heavy atom. The molecule has 0 saturated heterocycles. The van der Waals surface area contributed by atoms with Crippen LogP contribution < -0.4 is 0 Å². The fraction of sp³-hybridized carbons (Fsp3) is 0.188. The van der Waals surface area contributed by atoms with Crippen LogP contribution in [0.4, 0.5) is 0 Å². The highest BCUT2D eigenvalue weighted by molar-refractivity contribution is 6.31. The van der Waals surface area contributed by atoms with Crippen LogP contribution in [-0.2, 0) is 13.1 Å². The molecule has 4 heteroatoms. The lowest BCUT2D eigenvalue weighted by Gasteiger charge is -2.15. The first kappa shape index (κ1) is 13.5. The summed E-state index contributed by atoms with van der Waals surface area (Å²) in [4.78, 5) is 14.3. The number of carbonyl (C=O) groups excluding carboxylic acids is 1. The number of halogens is 2. The molecular weight excluding hydrogens is 293 g/mol. The Balaban J connectivity index is 1.87. The van der Waals surface area contributed by atoms with Crippen LogP contribution in [-0.4, -0.2) is 10.8 Å². The third-order valence-electron chi connectivity index (χ3n) is 3.53. The van der Waals surface area contributed by atoms with Crippen molar-refractivity contribution in [1.82, 2.24) is 4.90 Å². The maximum atomic E-state index is 12.5. The van der Waals surface area contributed by atoms with E-state index in [1.54, 1.807) is 0 Å². The molecule has 0 aliphatic carbocycles. The first-order valence-electron chi connectivity index (χ1n) is 6.37. The Bertz CT molecular complexity index is 680. The van der Waals surface area contributed by atoms with Crippen LogP contribution in [0.2, 0.25) is 10.0 Å². The van der Waals surface area contributed by atoms with Gasteiger partial charge in [-0.15, -0.1) is 0 Å². The highest BCUT2D eigenvalue weighted by Crippen LogP contribution is 2.30. The summed E-state index contributed by atoms with van der Waals surface area (Å²) < 4.78 is 0. The van der Waals surface area contributed by atoms with E-state index in [0.29, 0.717) is 23.1 Å². The molecule has 0 saturated carbocycles. The zero-order valence-electron chi connectivity index (χ0n) is 11.0. The van der Waals surface area contributed by atoms with Crippen molar-refractivity contribution in [2.24, 2.45) is 0 Å². The van der Waals surface area contributed by atoms with Crippen LogP contribution in [0.15, 0.2) is 36.4 Å². The van der Waals surface area contributed by atoms with Gasteiger partial charge in [0.05, 0.1) is 0 Å². The van der Waals surface area contributed by atoms with Gasteiger partial charge in [0.1, 0.15) is 0 Å². The third-order valence-corrected chi connectivity index (χ3v) is 4.00. The first-order chi connectivity index (χ1) is 9.54. The number of nitrogens with zero attached hydrogens (tertiary/aromatic N) is 1. The quantitative estimate of drug-likeness (QED) is 0.802. The topological polar surface area (TPSA) is 20.3 Å². The van der Waals surface area contributed by atoms with Crippen molar-refractivity contribution in [3.63, 3.8) is 0 Å². The summed E-state index contributed by atoms with van der Waals surface area (Å²) in [6.45, 7) is 3.12. The molecule has 2 aromatic rings. The van der Waals surface area contributed by atoms with E-state index >= 15 is 0 Å². The van der Waals surface area contributed by atoms with Gasteiger partial charge < -0.3 is 4.90 Å². The van der Waals surface area contributed by atoms with E-state index in [1.807, 2.05) is 48.2 Å². The molecule has 0 unspecified atom stereocenters. The van der Waals surface area contributed by atoms with Gasteiger partial charge >= 0.3 is 0 Å². The molecule has 1 aliphatic rings. The minimum absolute atomic E-state index is 0.0733. The van der Waals surface area contributed by atoms with Crippen LogP contribution in [0.25, 0.3) is 0 Å². The van der Waals surface area contributed by atoms with E-state index in [2.05, 4.69) is 0 Å². The summed E-state index contributed by atoms with van der Waals surface area (Å²) in [6, 6.07) is 11.3. The molecule has 1 heterocycles. The van der Waals surface area contributed by atoms with Gasteiger partial charge in [-0.1, -0.05) is 35.3 Å². The smallest absolute Gasteiger partial charge is 0.255 e. The fourth-order valence-corrected chi connectivity index (χ4v) is 3.04. The van der Waals surface area contributed by atoms with E-state index < -0.39 is 0 Å². The summed E-state index contributed by atoms with van der Waals surface area (Å²) in [5.41, 5.74) is 3.81. The minimum atomic E-state index is 0.0733. The number of amides is 1. The maximum absolute atomic E-state index is 12.5. The van der Waals surface area contributed by atoms with Crippen molar-refractivity contribution >= 4 is 29.1 Å². The second-order valence-electron chi connectivity index (χ2n) is 5.04. The molecule has 0 bridgehead atoms. The van der Waals surface area contributed by atoms with Gasteiger partial charge in [0.2, 0.25) is 0 Å². The van der Waals surface area contributed by atoms with Gasteiger partial charge in [-0.25, -0.2) is 0 Å². The van der Waals surface area contributed by atoms with Crippen molar-refractivity contribution < 1.29 is 4.79 Å². The van der Waals surface area contributed by atoms with Crippen LogP contribution in [0.1, 0.15) is 27.0 Å². The van der Waals surface area contributed by atoms with Crippen molar-refractivity contribution in [3.8, 4) is 0 Å². The summed E-state index contributed by atoms with van der Waals surface area (Å²) in [5.74, 6) is 0.0733. The number of fused-ring (bicyclic) bond motifs is 1. The molecule has 102 valence electrons. The second kappa shape index (κ2) is 5.12. The summed E-state index contributed by atoms with van der Waals surface area (Å²) >= 11 is 11.9. The van der Waals surface area contributed by atoms with Crippen LogP contribution in [0.3, 0.4) is 0 Å². The van der Waals surface area contributed by atoms with E-state index in [0.717, 1.165) is 22.3 Å². The van der Waals surface area contributed by atoms with E-state index in [1.165, 1.54) is 0 Å². The molecule has 1 amide bonds. The summed E-state index contributed by atoms with van der Waals surface area (Å²) in [6.07, 6.45) is 0. The Morgan fingerprint density at radius 3 is 2.50 bits per heavy atom. The average Bonchev–Trinajstić information content (AvgIpc) is 2.69. The van der Waals surface area contributed by atoms with Crippen molar-refractivity contribution in [1.29, 1.82) is 0 Å². The van der Waals surface area contributed by atoms with E-state index in [9.17, 15) is 4.79 Å². The molecule has 2 aromatic carbocycles. The summed E-state index contributed by atoms with van der Waals surface area (Å²) in [5, 5.41) is 1.38. The van der Waals surface area contributed by atoms with Gasteiger partial charge in [0.15, 0.2) is 0 Å². The van der Waals surface area contributed by atoms with Gasteiger partial charge in [-0.05, 0) is 47.9 Å². The van der Waals surface area contributed by atoms with Crippen molar-refractivity contribution in [2.45, 2.75) is 20.0 Å². The molecule has 1 aliphatic heterocycles. The molecule has 2 nitrogen and oxygen atoms in total. The third kappa shape index (κ3) is 2.41.